The van der Waals surface area contributed by atoms with Crippen LogP contribution in [0.15, 0.2) is 48.8 Å². The minimum Gasteiger partial charge on any atom is -0.352 e. The molecule has 3 aromatic rings. The van der Waals surface area contributed by atoms with Crippen molar-refractivity contribution in [3.63, 3.8) is 0 Å². The summed E-state index contributed by atoms with van der Waals surface area (Å²) in [5.74, 6) is -0.934. The molecule has 4 nitrogen and oxygen atoms in total. The van der Waals surface area contributed by atoms with Crippen molar-refractivity contribution >= 4 is 11.6 Å². The number of aromatic nitrogens is 2. The third-order valence-electron chi connectivity index (χ3n) is 3.58. The fraction of sp³-hybridized carbons (Fsp3) is 0.176. The Morgan fingerprint density at radius 2 is 1.96 bits per heavy atom. The van der Waals surface area contributed by atoms with Gasteiger partial charge in [0.1, 0.15) is 11.5 Å². The van der Waals surface area contributed by atoms with Crippen LogP contribution in [0, 0.1) is 5.82 Å². The first-order valence-electron chi connectivity index (χ1n) is 7.41. The first-order chi connectivity index (χ1) is 11.8. The van der Waals surface area contributed by atoms with Crippen molar-refractivity contribution in [2.75, 3.05) is 6.54 Å². The third-order valence-corrected chi connectivity index (χ3v) is 3.58. The van der Waals surface area contributed by atoms with Crippen molar-refractivity contribution in [3.05, 3.63) is 71.4 Å². The molecule has 0 radical (unpaired) electrons. The van der Waals surface area contributed by atoms with Gasteiger partial charge in [-0.2, -0.15) is 13.2 Å². The summed E-state index contributed by atoms with van der Waals surface area (Å²) in [5, 5.41) is 2.62. The van der Waals surface area contributed by atoms with E-state index in [1.165, 1.54) is 34.9 Å². The normalized spacial score (nSPS) is 11.7. The molecule has 1 amide bonds. The summed E-state index contributed by atoms with van der Waals surface area (Å²) in [6.45, 7) is 0.228. The van der Waals surface area contributed by atoms with Crippen LogP contribution in [0.2, 0.25) is 0 Å². The second-order valence-corrected chi connectivity index (χ2v) is 5.43. The van der Waals surface area contributed by atoms with Crippen LogP contribution in [0.3, 0.4) is 0 Å². The summed E-state index contributed by atoms with van der Waals surface area (Å²) < 4.78 is 52.5. The van der Waals surface area contributed by atoms with E-state index in [0.29, 0.717) is 17.8 Å². The lowest BCUT2D eigenvalue weighted by Crippen LogP contribution is -2.25. The smallest absolute Gasteiger partial charge is 0.352 e. The predicted molar refractivity (Wildman–Crippen MR) is 82.6 cm³/mol. The molecular formula is C17H13F4N3O. The van der Waals surface area contributed by atoms with E-state index in [1.54, 1.807) is 0 Å². The number of amides is 1. The molecule has 1 N–H and O–H groups in total. The topological polar surface area (TPSA) is 46.4 Å². The number of imidazole rings is 1. The van der Waals surface area contributed by atoms with E-state index in [-0.39, 0.29) is 12.1 Å². The number of pyridine rings is 1. The molecule has 2 aromatic heterocycles. The van der Waals surface area contributed by atoms with E-state index in [0.717, 1.165) is 18.3 Å². The van der Waals surface area contributed by atoms with Crippen LogP contribution in [0.5, 0.6) is 0 Å². The van der Waals surface area contributed by atoms with Crippen LogP contribution >= 0.6 is 0 Å². The summed E-state index contributed by atoms with van der Waals surface area (Å²) >= 11 is 0. The molecule has 0 bridgehead atoms. The van der Waals surface area contributed by atoms with Gasteiger partial charge >= 0.3 is 6.18 Å². The molecule has 130 valence electrons. The quantitative estimate of drug-likeness (QED) is 0.732. The van der Waals surface area contributed by atoms with Gasteiger partial charge in [-0.3, -0.25) is 4.79 Å². The number of alkyl halides is 3. The first-order valence-corrected chi connectivity index (χ1v) is 7.41. The standard InChI is InChI=1S/C17H13F4N3O/c18-13-3-1-2-11(8-13)16(25)22-7-6-14-10-24-9-12(17(19,20)21)4-5-15(24)23-14/h1-5,8-10H,6-7H2,(H,22,25). The molecule has 0 spiro atoms. The number of hydrogen-bond donors (Lipinski definition) is 1. The number of halogens is 4. The third kappa shape index (κ3) is 3.96. The Balaban J connectivity index is 1.64. The fourth-order valence-corrected chi connectivity index (χ4v) is 2.37. The first kappa shape index (κ1) is 16.9. The number of nitrogens with one attached hydrogen (secondary N) is 1. The molecule has 2 heterocycles. The number of fused-ring (bicyclic) bond motifs is 1. The molecule has 0 aliphatic rings. The number of carbonyl (C=O) groups excluding carboxylic acids is 1. The highest BCUT2D eigenvalue weighted by molar-refractivity contribution is 5.94. The van der Waals surface area contributed by atoms with Crippen LogP contribution < -0.4 is 5.32 Å². The number of hydrogen-bond acceptors (Lipinski definition) is 2. The molecule has 25 heavy (non-hydrogen) atoms. The highest BCUT2D eigenvalue weighted by atomic mass is 19.4. The lowest BCUT2D eigenvalue weighted by molar-refractivity contribution is -0.137. The predicted octanol–water partition coefficient (Wildman–Crippen LogP) is 3.46. The van der Waals surface area contributed by atoms with Crippen molar-refractivity contribution in [2.45, 2.75) is 12.6 Å². The van der Waals surface area contributed by atoms with E-state index in [2.05, 4.69) is 10.3 Å². The average Bonchev–Trinajstić information content (AvgIpc) is 2.95. The van der Waals surface area contributed by atoms with Gasteiger partial charge in [-0.1, -0.05) is 6.07 Å². The van der Waals surface area contributed by atoms with Crippen molar-refractivity contribution in [1.82, 2.24) is 14.7 Å². The largest absolute Gasteiger partial charge is 0.417 e. The molecule has 0 saturated carbocycles. The summed E-state index contributed by atoms with van der Waals surface area (Å²) in [4.78, 5) is 16.1. The molecule has 0 aliphatic carbocycles. The molecule has 0 unspecified atom stereocenters. The number of benzene rings is 1. The summed E-state index contributed by atoms with van der Waals surface area (Å²) in [5.41, 5.74) is 0.367. The van der Waals surface area contributed by atoms with E-state index >= 15 is 0 Å². The van der Waals surface area contributed by atoms with Crippen LogP contribution in [-0.2, 0) is 12.6 Å². The van der Waals surface area contributed by atoms with Gasteiger partial charge in [-0.15, -0.1) is 0 Å². The summed E-state index contributed by atoms with van der Waals surface area (Å²) in [6.07, 6.45) is -1.63. The second kappa shape index (κ2) is 6.54. The van der Waals surface area contributed by atoms with Crippen molar-refractivity contribution in [1.29, 1.82) is 0 Å². The molecule has 1 aromatic carbocycles. The molecule has 8 heteroatoms. The van der Waals surface area contributed by atoms with Gasteiger partial charge in [-0.05, 0) is 30.3 Å². The Labute approximate surface area is 140 Å². The van der Waals surface area contributed by atoms with Crippen LogP contribution in [-0.4, -0.2) is 21.8 Å². The molecule has 0 fully saturated rings. The average molecular weight is 351 g/mol. The fourth-order valence-electron chi connectivity index (χ4n) is 2.37. The van der Waals surface area contributed by atoms with Crippen molar-refractivity contribution in [3.8, 4) is 0 Å². The maximum atomic E-state index is 13.1. The molecule has 0 aliphatic heterocycles. The molecule has 0 atom stereocenters. The minimum atomic E-state index is -4.42. The highest BCUT2D eigenvalue weighted by Gasteiger charge is 2.30. The van der Waals surface area contributed by atoms with Gasteiger partial charge < -0.3 is 9.72 Å². The zero-order chi connectivity index (χ0) is 18.0. The van der Waals surface area contributed by atoms with Crippen LogP contribution in [0.25, 0.3) is 5.65 Å². The summed E-state index contributed by atoms with van der Waals surface area (Å²) in [7, 11) is 0. The van der Waals surface area contributed by atoms with Gasteiger partial charge in [0.15, 0.2) is 0 Å². The van der Waals surface area contributed by atoms with E-state index in [1.807, 2.05) is 0 Å². The van der Waals surface area contributed by atoms with Crippen LogP contribution in [0.4, 0.5) is 17.6 Å². The highest BCUT2D eigenvalue weighted by Crippen LogP contribution is 2.29. The van der Waals surface area contributed by atoms with Gasteiger partial charge in [0.2, 0.25) is 0 Å². The molecular weight excluding hydrogens is 338 g/mol. The van der Waals surface area contributed by atoms with Gasteiger partial charge in [-0.25, -0.2) is 9.37 Å². The Morgan fingerprint density at radius 1 is 1.16 bits per heavy atom. The second-order valence-electron chi connectivity index (χ2n) is 5.43. The maximum absolute atomic E-state index is 13.1. The summed E-state index contributed by atoms with van der Waals surface area (Å²) in [6, 6.07) is 7.55. The van der Waals surface area contributed by atoms with Gasteiger partial charge in [0, 0.05) is 30.9 Å². The number of nitrogens with zero attached hydrogens (tertiary/aromatic N) is 2. The Kier molecular flexibility index (Phi) is 4.43. The van der Waals surface area contributed by atoms with E-state index in [9.17, 15) is 22.4 Å². The monoisotopic (exact) mass is 351 g/mol. The van der Waals surface area contributed by atoms with E-state index < -0.39 is 23.5 Å². The molecule has 0 saturated heterocycles. The number of rotatable bonds is 4. The van der Waals surface area contributed by atoms with Gasteiger partial charge in [0.05, 0.1) is 11.3 Å². The van der Waals surface area contributed by atoms with E-state index in [4.69, 9.17) is 0 Å². The lowest BCUT2D eigenvalue weighted by Gasteiger charge is -2.05. The zero-order valence-electron chi connectivity index (χ0n) is 12.8. The zero-order valence-corrected chi connectivity index (χ0v) is 12.8. The Bertz CT molecular complexity index is 918. The van der Waals surface area contributed by atoms with Crippen molar-refractivity contribution in [2.24, 2.45) is 0 Å². The SMILES string of the molecule is O=C(NCCc1cn2cc(C(F)(F)F)ccc2n1)c1cccc(F)c1. The van der Waals surface area contributed by atoms with Gasteiger partial charge in [0.25, 0.3) is 5.91 Å². The minimum absolute atomic E-state index is 0.199. The maximum Gasteiger partial charge on any atom is 0.417 e. The Hall–Kier alpha value is -2.90. The Morgan fingerprint density at radius 3 is 2.68 bits per heavy atom. The number of carbonyl (C=O) groups is 1. The van der Waals surface area contributed by atoms with Crippen molar-refractivity contribution < 1.29 is 22.4 Å². The van der Waals surface area contributed by atoms with Crippen LogP contribution in [0.1, 0.15) is 21.6 Å². The molecule has 3 rings (SSSR count). The lowest BCUT2D eigenvalue weighted by atomic mass is 10.2.